The molecule has 1 aromatic rings. The van der Waals surface area contributed by atoms with Crippen molar-refractivity contribution in [2.45, 2.75) is 82.9 Å². The molecule has 0 atom stereocenters. The van der Waals surface area contributed by atoms with Crippen molar-refractivity contribution in [2.24, 2.45) is 0 Å². The van der Waals surface area contributed by atoms with E-state index in [4.69, 9.17) is 5.11 Å². The lowest BCUT2D eigenvalue weighted by atomic mass is 9.89. The molecule has 0 spiro atoms. The molecule has 5 nitrogen and oxygen atoms in total. The quantitative estimate of drug-likeness (QED) is 0.868. The van der Waals surface area contributed by atoms with Crippen molar-refractivity contribution in [3.05, 3.63) is 11.1 Å². The molecule has 1 heterocycles. The van der Waals surface area contributed by atoms with E-state index in [-0.39, 0.29) is 12.6 Å². The number of nitrogens with zero attached hydrogens (tertiary/aromatic N) is 2. The van der Waals surface area contributed by atoms with Crippen molar-refractivity contribution in [1.29, 1.82) is 0 Å². The third-order valence-electron chi connectivity index (χ3n) is 5.10. The number of rotatable bonds is 4. The molecule has 0 saturated heterocycles. The smallest absolute Gasteiger partial charge is 0.324 e. The second-order valence-electron chi connectivity index (χ2n) is 6.72. The molecule has 2 aliphatic rings. The van der Waals surface area contributed by atoms with Crippen LogP contribution in [-0.4, -0.2) is 33.1 Å². The fraction of sp³-hybridized carbons (Fsp3) is 0.765. The van der Waals surface area contributed by atoms with Crippen LogP contribution in [0.4, 0.5) is 9.93 Å². The number of anilines is 1. The van der Waals surface area contributed by atoms with Gasteiger partial charge in [-0.15, -0.1) is 11.3 Å². The number of thiazole rings is 1. The van der Waals surface area contributed by atoms with Crippen LogP contribution in [0.2, 0.25) is 0 Å². The van der Waals surface area contributed by atoms with Crippen molar-refractivity contribution in [3.8, 4) is 0 Å². The third kappa shape index (κ3) is 4.23. The number of hydrogen-bond acceptors (Lipinski definition) is 4. The van der Waals surface area contributed by atoms with Gasteiger partial charge in [-0.1, -0.05) is 38.5 Å². The minimum Gasteiger partial charge on any atom is -0.390 e. The summed E-state index contributed by atoms with van der Waals surface area (Å²) in [5, 5.41) is 14.5. The number of aliphatic hydroxyl groups excluding tert-OH is 1. The van der Waals surface area contributed by atoms with Gasteiger partial charge in [-0.2, -0.15) is 0 Å². The Hall–Kier alpha value is -1.14. The number of hydrogen-bond donors (Lipinski definition) is 2. The average molecular weight is 337 g/mol. The Kier molecular flexibility index (Phi) is 5.89. The third-order valence-corrected chi connectivity index (χ3v) is 5.90. The van der Waals surface area contributed by atoms with Crippen molar-refractivity contribution >= 4 is 22.5 Å². The van der Waals surface area contributed by atoms with Gasteiger partial charge < -0.3 is 10.0 Å². The lowest BCUT2D eigenvalue weighted by molar-refractivity contribution is 0.114. The monoisotopic (exact) mass is 337 g/mol. The maximum absolute atomic E-state index is 12.9. The second-order valence-corrected chi connectivity index (χ2v) is 7.58. The first-order valence-corrected chi connectivity index (χ1v) is 9.80. The van der Waals surface area contributed by atoms with Gasteiger partial charge in [0.15, 0.2) is 5.13 Å². The average Bonchev–Trinajstić information content (AvgIpc) is 3.04. The molecule has 2 amide bonds. The Balaban J connectivity index is 1.71. The van der Waals surface area contributed by atoms with Gasteiger partial charge in [-0.25, -0.2) is 9.78 Å². The molecule has 3 rings (SSSR count). The molecule has 0 aromatic carbocycles. The normalized spacial score (nSPS) is 20.4. The first-order chi connectivity index (χ1) is 11.3. The van der Waals surface area contributed by atoms with Crippen LogP contribution in [-0.2, 0) is 6.61 Å². The molecule has 0 unspecified atom stereocenters. The summed E-state index contributed by atoms with van der Waals surface area (Å²) in [4.78, 5) is 19.3. The van der Waals surface area contributed by atoms with Gasteiger partial charge in [-0.05, 0) is 25.7 Å². The summed E-state index contributed by atoms with van der Waals surface area (Å²) >= 11 is 1.38. The Bertz CT molecular complexity index is 490. The number of aliphatic hydroxyl groups is 1. The van der Waals surface area contributed by atoms with Crippen molar-refractivity contribution in [2.75, 3.05) is 5.32 Å². The lowest BCUT2D eigenvalue weighted by Gasteiger charge is -2.41. The molecule has 23 heavy (non-hydrogen) atoms. The van der Waals surface area contributed by atoms with E-state index in [0.717, 1.165) is 25.7 Å². The fourth-order valence-electron chi connectivity index (χ4n) is 3.94. The molecular formula is C17H27N3O2S. The highest BCUT2D eigenvalue weighted by molar-refractivity contribution is 7.13. The van der Waals surface area contributed by atoms with Crippen LogP contribution >= 0.6 is 11.3 Å². The van der Waals surface area contributed by atoms with Crippen molar-refractivity contribution in [1.82, 2.24) is 9.88 Å². The van der Waals surface area contributed by atoms with E-state index < -0.39 is 0 Å². The minimum atomic E-state index is -0.0820. The van der Waals surface area contributed by atoms with E-state index >= 15 is 0 Å². The highest BCUT2D eigenvalue weighted by Crippen LogP contribution is 2.31. The van der Waals surface area contributed by atoms with Gasteiger partial charge in [0, 0.05) is 17.5 Å². The highest BCUT2D eigenvalue weighted by atomic mass is 32.1. The molecule has 0 aliphatic heterocycles. The van der Waals surface area contributed by atoms with Crippen LogP contribution in [0.5, 0.6) is 0 Å². The van der Waals surface area contributed by atoms with E-state index in [0.29, 0.717) is 22.9 Å². The number of carbonyl (C=O) groups excluding carboxylic acids is 1. The van der Waals surface area contributed by atoms with Crippen LogP contribution < -0.4 is 5.32 Å². The van der Waals surface area contributed by atoms with Crippen molar-refractivity contribution < 1.29 is 9.90 Å². The van der Waals surface area contributed by atoms with Crippen LogP contribution in [0.3, 0.4) is 0 Å². The number of nitrogens with one attached hydrogen (secondary N) is 1. The zero-order chi connectivity index (χ0) is 16.1. The summed E-state index contributed by atoms with van der Waals surface area (Å²) in [6.45, 7) is -0.0820. The standard InChI is InChI=1S/C17H27N3O2S/c21-11-13-12-23-16(18-13)19-17(22)20(14-7-3-1-4-8-14)15-9-5-2-6-10-15/h12,14-15,21H,1-11H2,(H,18,19,22). The highest BCUT2D eigenvalue weighted by Gasteiger charge is 2.32. The van der Waals surface area contributed by atoms with E-state index in [1.165, 1.54) is 49.9 Å². The zero-order valence-electron chi connectivity index (χ0n) is 13.7. The number of urea groups is 1. The van der Waals surface area contributed by atoms with Gasteiger partial charge in [0.2, 0.25) is 0 Å². The number of carbonyl (C=O) groups is 1. The summed E-state index contributed by atoms with van der Waals surface area (Å²) < 4.78 is 0. The fourth-order valence-corrected chi connectivity index (χ4v) is 4.63. The summed E-state index contributed by atoms with van der Waals surface area (Å²) in [5.74, 6) is 0. The molecule has 2 fully saturated rings. The first-order valence-electron chi connectivity index (χ1n) is 8.92. The molecule has 2 N–H and O–H groups in total. The topological polar surface area (TPSA) is 65.5 Å². The van der Waals surface area contributed by atoms with Gasteiger partial charge >= 0.3 is 6.03 Å². The van der Waals surface area contributed by atoms with Crippen LogP contribution in [0.15, 0.2) is 5.38 Å². The summed E-state index contributed by atoms with van der Waals surface area (Å²) in [6, 6.07) is 0.760. The Labute approximate surface area is 142 Å². The van der Waals surface area contributed by atoms with E-state index in [2.05, 4.69) is 15.2 Å². The molecule has 2 saturated carbocycles. The van der Waals surface area contributed by atoms with Gasteiger partial charge in [0.1, 0.15) is 0 Å². The SMILES string of the molecule is O=C(Nc1nc(CO)cs1)N(C1CCCCC1)C1CCCCC1. The predicted molar refractivity (Wildman–Crippen MR) is 92.6 cm³/mol. The summed E-state index contributed by atoms with van der Waals surface area (Å²) in [5.41, 5.74) is 0.618. The minimum absolute atomic E-state index is 0.00244. The number of amides is 2. The molecule has 2 aliphatic carbocycles. The molecule has 1 aromatic heterocycles. The zero-order valence-corrected chi connectivity index (χ0v) is 14.5. The second kappa shape index (κ2) is 8.11. The van der Waals surface area contributed by atoms with Crippen LogP contribution in [0, 0.1) is 0 Å². The van der Waals surface area contributed by atoms with Gasteiger partial charge in [-0.3, -0.25) is 5.32 Å². The van der Waals surface area contributed by atoms with Crippen LogP contribution in [0.1, 0.15) is 69.9 Å². The Morgan fingerprint density at radius 2 is 1.70 bits per heavy atom. The lowest BCUT2D eigenvalue weighted by Crippen LogP contribution is -2.50. The molecule has 0 radical (unpaired) electrons. The van der Waals surface area contributed by atoms with E-state index in [9.17, 15) is 4.79 Å². The maximum Gasteiger partial charge on any atom is 0.324 e. The summed E-state index contributed by atoms with van der Waals surface area (Å²) in [6.07, 6.45) is 12.0. The molecule has 128 valence electrons. The Morgan fingerprint density at radius 1 is 1.13 bits per heavy atom. The molecule has 0 bridgehead atoms. The molecule has 6 heteroatoms. The summed E-state index contributed by atoms with van der Waals surface area (Å²) in [7, 11) is 0. The van der Waals surface area contributed by atoms with Crippen LogP contribution in [0.25, 0.3) is 0 Å². The largest absolute Gasteiger partial charge is 0.390 e. The Morgan fingerprint density at radius 3 is 2.17 bits per heavy atom. The van der Waals surface area contributed by atoms with E-state index in [1.807, 2.05) is 0 Å². The van der Waals surface area contributed by atoms with Gasteiger partial charge in [0.05, 0.1) is 12.3 Å². The van der Waals surface area contributed by atoms with Gasteiger partial charge in [0.25, 0.3) is 0 Å². The maximum atomic E-state index is 12.9. The predicted octanol–water partition coefficient (Wildman–Crippen LogP) is 4.13. The molecular weight excluding hydrogens is 310 g/mol. The number of aromatic nitrogens is 1. The first kappa shape index (κ1) is 16.7. The van der Waals surface area contributed by atoms with Crippen molar-refractivity contribution in [3.63, 3.8) is 0 Å². The van der Waals surface area contributed by atoms with E-state index in [1.54, 1.807) is 5.38 Å².